The normalized spacial score (nSPS) is 25.4. The fraction of sp³-hybridized carbons (Fsp3) is 0.450. The van der Waals surface area contributed by atoms with Crippen molar-refractivity contribution in [2.24, 2.45) is 11.8 Å². The van der Waals surface area contributed by atoms with E-state index in [9.17, 15) is 9.59 Å². The van der Waals surface area contributed by atoms with Gasteiger partial charge in [-0.1, -0.05) is 24.0 Å². The minimum Gasteiger partial charge on any atom is -0.444 e. The summed E-state index contributed by atoms with van der Waals surface area (Å²) in [5, 5.41) is 2.13. The quantitative estimate of drug-likeness (QED) is 0.183. The van der Waals surface area contributed by atoms with Gasteiger partial charge in [-0.25, -0.2) is 19.6 Å². The maximum Gasteiger partial charge on any atom is 0.411 e. The lowest BCUT2D eigenvalue weighted by molar-refractivity contribution is 0.0164. The number of hydrogen-bond donors (Lipinski definition) is 2. The zero-order valence-corrected chi connectivity index (χ0v) is 29.3. The topological polar surface area (TPSA) is 116 Å². The van der Waals surface area contributed by atoms with Crippen molar-refractivity contribution in [2.45, 2.75) is 103 Å². The van der Waals surface area contributed by atoms with E-state index in [0.717, 1.165) is 81.3 Å². The molecule has 2 N–H and O–H groups in total. The van der Waals surface area contributed by atoms with Crippen LogP contribution in [0.15, 0.2) is 48.5 Å². The number of nitrogens with one attached hydrogen (secondary N) is 2. The Bertz CT molecular complexity index is 2280. The van der Waals surface area contributed by atoms with E-state index in [1.54, 1.807) is 0 Å². The van der Waals surface area contributed by atoms with Crippen LogP contribution in [-0.2, 0) is 9.47 Å². The molecule has 3 aromatic carbocycles. The van der Waals surface area contributed by atoms with Crippen molar-refractivity contribution in [3.8, 4) is 11.8 Å². The molecular formula is C40H42N6O4. The maximum absolute atomic E-state index is 13.1. The zero-order valence-electron chi connectivity index (χ0n) is 29.3. The third-order valence-electron chi connectivity index (χ3n) is 10.4. The number of ether oxygens (including phenoxy) is 2. The summed E-state index contributed by atoms with van der Waals surface area (Å²) in [7, 11) is 0. The Morgan fingerprint density at radius 3 is 1.86 bits per heavy atom. The Kier molecular flexibility index (Phi) is 6.65. The van der Waals surface area contributed by atoms with Crippen molar-refractivity contribution < 1.29 is 19.1 Å². The number of carbonyl (C=O) groups excluding carboxylic acids is 2. The number of imidazole rings is 2. The molecular weight excluding hydrogens is 628 g/mol. The molecule has 0 spiro atoms. The molecule has 6 atom stereocenters. The molecule has 10 heteroatoms. The number of piperidine rings is 2. The number of carbonyl (C=O) groups is 2. The number of amides is 2. The van der Waals surface area contributed by atoms with E-state index >= 15 is 0 Å². The van der Waals surface area contributed by atoms with Gasteiger partial charge in [0.2, 0.25) is 0 Å². The molecule has 50 heavy (non-hydrogen) atoms. The number of rotatable bonds is 2. The van der Waals surface area contributed by atoms with Gasteiger partial charge in [-0.15, -0.1) is 0 Å². The number of aromatic amines is 2. The van der Waals surface area contributed by atoms with Crippen LogP contribution in [0, 0.1) is 23.7 Å². The molecule has 10 nitrogen and oxygen atoms in total. The molecule has 0 bridgehead atoms. The Balaban J connectivity index is 0.949. The van der Waals surface area contributed by atoms with E-state index in [1.165, 1.54) is 0 Å². The number of fused-ring (bicyclic) bond motifs is 6. The molecule has 2 aliphatic carbocycles. The molecule has 0 radical (unpaired) electrons. The summed E-state index contributed by atoms with van der Waals surface area (Å²) in [4.78, 5) is 46.9. The monoisotopic (exact) mass is 670 g/mol. The summed E-state index contributed by atoms with van der Waals surface area (Å²) in [5.41, 5.74) is 4.30. The molecule has 0 unspecified atom stereocenters. The Morgan fingerprint density at radius 2 is 1.24 bits per heavy atom. The van der Waals surface area contributed by atoms with Gasteiger partial charge in [0.05, 0.1) is 34.2 Å². The van der Waals surface area contributed by atoms with E-state index in [-0.39, 0.29) is 36.4 Å². The minimum atomic E-state index is -0.545. The van der Waals surface area contributed by atoms with Crippen molar-refractivity contribution in [2.75, 3.05) is 0 Å². The minimum absolute atomic E-state index is 0.113. The lowest BCUT2D eigenvalue weighted by Crippen LogP contribution is -2.38. The van der Waals surface area contributed by atoms with Crippen LogP contribution in [0.2, 0.25) is 0 Å². The third-order valence-corrected chi connectivity index (χ3v) is 10.4. The largest absolute Gasteiger partial charge is 0.444 e. The van der Waals surface area contributed by atoms with Crippen LogP contribution in [0.25, 0.3) is 32.8 Å². The van der Waals surface area contributed by atoms with Crippen molar-refractivity contribution in [3.63, 3.8) is 0 Å². The van der Waals surface area contributed by atoms with Crippen LogP contribution in [0.4, 0.5) is 9.59 Å². The van der Waals surface area contributed by atoms with Crippen LogP contribution in [0.1, 0.15) is 102 Å². The molecule has 2 aliphatic heterocycles. The van der Waals surface area contributed by atoms with E-state index in [0.29, 0.717) is 11.8 Å². The van der Waals surface area contributed by atoms with Gasteiger partial charge in [-0.05, 0) is 121 Å². The van der Waals surface area contributed by atoms with Gasteiger partial charge in [0.1, 0.15) is 22.9 Å². The summed E-state index contributed by atoms with van der Waals surface area (Å²) in [6, 6.07) is 16.6. The highest BCUT2D eigenvalue weighted by molar-refractivity contribution is 6.04. The van der Waals surface area contributed by atoms with Crippen LogP contribution in [0.3, 0.4) is 0 Å². The molecule has 2 amide bonds. The number of likely N-dealkylation sites (tertiary alicyclic amines) is 2. The summed E-state index contributed by atoms with van der Waals surface area (Å²) < 4.78 is 11.5. The molecule has 2 saturated carbocycles. The van der Waals surface area contributed by atoms with E-state index in [2.05, 4.69) is 40.0 Å². The lowest BCUT2D eigenvalue weighted by Gasteiger charge is -2.29. The average Bonchev–Trinajstić information content (AvgIpc) is 3.69. The third kappa shape index (κ3) is 5.53. The number of hydrogen-bond acceptors (Lipinski definition) is 6. The Hall–Kier alpha value is -5.04. The predicted octanol–water partition coefficient (Wildman–Crippen LogP) is 8.13. The average molecular weight is 671 g/mol. The highest BCUT2D eigenvalue weighted by Crippen LogP contribution is 2.54. The van der Waals surface area contributed by atoms with Crippen LogP contribution in [-0.4, -0.2) is 65.2 Å². The van der Waals surface area contributed by atoms with Crippen molar-refractivity contribution in [1.82, 2.24) is 29.7 Å². The summed E-state index contributed by atoms with van der Waals surface area (Å²) in [6.07, 6.45) is 3.35. The lowest BCUT2D eigenvalue weighted by atomic mass is 10.1. The van der Waals surface area contributed by atoms with Gasteiger partial charge < -0.3 is 19.4 Å². The van der Waals surface area contributed by atoms with Gasteiger partial charge in [0, 0.05) is 28.6 Å². The highest BCUT2D eigenvalue weighted by Gasteiger charge is 2.57. The van der Waals surface area contributed by atoms with E-state index in [1.807, 2.05) is 81.7 Å². The fourth-order valence-electron chi connectivity index (χ4n) is 8.03. The van der Waals surface area contributed by atoms with Crippen LogP contribution >= 0.6 is 0 Å². The van der Waals surface area contributed by atoms with Crippen LogP contribution in [0.5, 0.6) is 0 Å². The SMILES string of the molecule is CC(C)(C)OC(=O)N1[C@@H]2C[C@@H]2C[C@H]1c1nc2ccc(C#Cc3ccc4c(ccc5nc([C@@H]6C[C@H]7C[C@H]7N6C(=O)OC(C)(C)C)[nH]c54)c3)cc2[nH]1. The Labute approximate surface area is 290 Å². The molecule has 4 fully saturated rings. The van der Waals surface area contributed by atoms with Crippen molar-refractivity contribution in [3.05, 3.63) is 71.3 Å². The highest BCUT2D eigenvalue weighted by atomic mass is 16.6. The first-order valence-electron chi connectivity index (χ1n) is 17.7. The smallest absolute Gasteiger partial charge is 0.411 e. The second-order valence-electron chi connectivity index (χ2n) is 16.5. The molecule has 256 valence electrons. The first-order valence-corrected chi connectivity index (χ1v) is 17.7. The molecule has 4 aliphatic rings. The fourth-order valence-corrected chi connectivity index (χ4v) is 8.03. The summed E-state index contributed by atoms with van der Waals surface area (Å²) >= 11 is 0. The number of aromatic nitrogens is 4. The van der Waals surface area contributed by atoms with Gasteiger partial charge >= 0.3 is 12.2 Å². The van der Waals surface area contributed by atoms with Gasteiger partial charge in [-0.2, -0.15) is 0 Å². The number of benzene rings is 3. The molecule has 5 aromatic rings. The summed E-state index contributed by atoms with van der Waals surface area (Å²) in [6.45, 7) is 11.4. The van der Waals surface area contributed by atoms with Crippen molar-refractivity contribution >= 4 is 45.0 Å². The number of H-pyrrole nitrogens is 2. The standard InChI is InChI=1S/C40H42N6O4/c1-39(2,3)49-37(47)45-30-17-24(30)19-32(45)35-41-27-13-10-22(16-29(27)43-35)8-7-21-9-12-26-23(15-21)11-14-28-34(26)44-36(42-28)33-20-25-18-31(25)46(33)38(48)50-40(4,5)6/h9-16,24-25,30-33H,17-20H2,1-6H3,(H,41,43)(H,42,44)/t24-,25-,30-,31-,32+,33+/m1/s1. The van der Waals surface area contributed by atoms with Crippen molar-refractivity contribution in [1.29, 1.82) is 0 Å². The first kappa shape index (κ1) is 31.0. The first-order chi connectivity index (χ1) is 23.8. The van der Waals surface area contributed by atoms with Gasteiger partial charge in [0.15, 0.2) is 0 Å². The maximum atomic E-state index is 13.1. The Morgan fingerprint density at radius 1 is 0.700 bits per heavy atom. The number of nitrogens with zero attached hydrogens (tertiary/aromatic N) is 4. The molecule has 4 heterocycles. The molecule has 9 rings (SSSR count). The predicted molar refractivity (Wildman–Crippen MR) is 190 cm³/mol. The second-order valence-corrected chi connectivity index (χ2v) is 16.5. The van der Waals surface area contributed by atoms with Gasteiger partial charge in [0.25, 0.3) is 0 Å². The van der Waals surface area contributed by atoms with E-state index in [4.69, 9.17) is 19.4 Å². The van der Waals surface area contributed by atoms with Gasteiger partial charge in [-0.3, -0.25) is 9.80 Å². The zero-order chi connectivity index (χ0) is 34.7. The second kappa shape index (κ2) is 10.7. The van der Waals surface area contributed by atoms with E-state index < -0.39 is 11.2 Å². The summed E-state index contributed by atoms with van der Waals surface area (Å²) in [5.74, 6) is 9.32. The molecule has 2 aromatic heterocycles. The van der Waals surface area contributed by atoms with Crippen LogP contribution < -0.4 is 0 Å². The molecule has 2 saturated heterocycles.